The van der Waals surface area contributed by atoms with E-state index in [4.69, 9.17) is 27.1 Å². The lowest BCUT2D eigenvalue weighted by molar-refractivity contribution is -0.192. The van der Waals surface area contributed by atoms with Crippen LogP contribution in [0.2, 0.25) is 0 Å². The van der Waals surface area contributed by atoms with Gasteiger partial charge in [0.05, 0.1) is 0 Å². The van der Waals surface area contributed by atoms with Gasteiger partial charge in [-0.1, -0.05) is 0 Å². The predicted octanol–water partition coefficient (Wildman–Crippen LogP) is -1.38. The van der Waals surface area contributed by atoms with Crippen LogP contribution >= 0.6 is 0 Å². The molecule has 0 amide bonds. The summed E-state index contributed by atoms with van der Waals surface area (Å²) in [5.74, 6) is -1.36. The maximum Gasteiger partial charge on any atom is 0.490 e. The highest BCUT2D eigenvalue weighted by atomic mass is 19.4. The molecule has 1 aromatic rings. The first-order valence-electron chi connectivity index (χ1n) is 7.12. The van der Waals surface area contributed by atoms with E-state index in [1.165, 1.54) is 0 Å². The molecule has 0 aromatic carbocycles. The van der Waals surface area contributed by atoms with Gasteiger partial charge in [-0.15, -0.1) is 0 Å². The Morgan fingerprint density at radius 3 is 1.24 bits per heavy atom. The number of nitrogens with zero attached hydrogens (tertiary/aromatic N) is 3. The Morgan fingerprint density at radius 1 is 0.840 bits per heavy atom. The number of nitrogens with one attached hydrogen (secondary N) is 3. The topological polar surface area (TPSA) is 190 Å². The Bertz CT molecular complexity index is 451. The van der Waals surface area contributed by atoms with Gasteiger partial charge in [0.2, 0.25) is 17.8 Å². The SMILES string of the molecule is NCCNc1nc(NCCN)nc(NCCN)n1.O=C(O)C(F)(F)F. The van der Waals surface area contributed by atoms with E-state index < -0.39 is 12.1 Å². The quantitative estimate of drug-likeness (QED) is 0.271. The number of rotatable bonds is 9. The molecule has 0 bridgehead atoms. The summed E-state index contributed by atoms with van der Waals surface area (Å²) >= 11 is 0. The first-order valence-corrected chi connectivity index (χ1v) is 7.12. The minimum atomic E-state index is -5.08. The Balaban J connectivity index is 0.000000697. The average Bonchev–Trinajstić information content (AvgIpc) is 2.56. The summed E-state index contributed by atoms with van der Waals surface area (Å²) in [7, 11) is 0. The average molecular weight is 369 g/mol. The summed E-state index contributed by atoms with van der Waals surface area (Å²) in [5, 5.41) is 16.1. The standard InChI is InChI=1S/C9H21N9.C2HF3O2/c10-1-4-13-7-16-8(14-5-2-11)18-9(17-7)15-6-3-12;3-2(4,5)1(6)7/h1-6,10-12H2,(H3,13,14,15,16,17,18);(H,6,7). The third-order valence-electron chi connectivity index (χ3n) is 2.16. The van der Waals surface area contributed by atoms with Crippen molar-refractivity contribution in [1.29, 1.82) is 0 Å². The van der Waals surface area contributed by atoms with Crippen LogP contribution in [0.4, 0.5) is 31.0 Å². The molecule has 0 aliphatic rings. The lowest BCUT2D eigenvalue weighted by Gasteiger charge is -2.10. The third-order valence-corrected chi connectivity index (χ3v) is 2.16. The van der Waals surface area contributed by atoms with Crippen molar-refractivity contribution in [3.63, 3.8) is 0 Å². The molecule has 14 heteroatoms. The van der Waals surface area contributed by atoms with E-state index >= 15 is 0 Å². The first-order chi connectivity index (χ1) is 11.7. The normalized spacial score (nSPS) is 10.5. The van der Waals surface area contributed by atoms with Crippen molar-refractivity contribution in [2.24, 2.45) is 17.2 Å². The predicted molar refractivity (Wildman–Crippen MR) is 86.2 cm³/mol. The van der Waals surface area contributed by atoms with Crippen molar-refractivity contribution in [3.8, 4) is 0 Å². The molecule has 10 N–H and O–H groups in total. The number of alkyl halides is 3. The Kier molecular flexibility index (Phi) is 10.8. The fraction of sp³-hybridized carbons (Fsp3) is 0.636. The summed E-state index contributed by atoms with van der Waals surface area (Å²) in [4.78, 5) is 21.5. The van der Waals surface area contributed by atoms with E-state index in [2.05, 4.69) is 30.9 Å². The van der Waals surface area contributed by atoms with Crippen LogP contribution in [0.25, 0.3) is 0 Å². The van der Waals surface area contributed by atoms with Crippen LogP contribution in [0.5, 0.6) is 0 Å². The van der Waals surface area contributed by atoms with Crippen LogP contribution in [0.3, 0.4) is 0 Å². The van der Waals surface area contributed by atoms with Crippen molar-refractivity contribution < 1.29 is 23.1 Å². The first kappa shape index (κ1) is 22.6. The zero-order chi connectivity index (χ0) is 19.3. The molecule has 0 saturated carbocycles. The lowest BCUT2D eigenvalue weighted by atomic mass is 10.6. The molecule has 11 nitrogen and oxygen atoms in total. The molecule has 1 heterocycles. The molecule has 144 valence electrons. The Labute approximate surface area is 141 Å². The van der Waals surface area contributed by atoms with Crippen molar-refractivity contribution in [2.45, 2.75) is 6.18 Å². The van der Waals surface area contributed by atoms with E-state index in [1.54, 1.807) is 0 Å². The van der Waals surface area contributed by atoms with Gasteiger partial charge >= 0.3 is 12.1 Å². The van der Waals surface area contributed by atoms with Crippen LogP contribution in [0, 0.1) is 0 Å². The van der Waals surface area contributed by atoms with E-state index in [9.17, 15) is 13.2 Å². The summed E-state index contributed by atoms with van der Waals surface area (Å²) in [6, 6.07) is 0. The van der Waals surface area contributed by atoms with Gasteiger partial charge in [0.15, 0.2) is 0 Å². The molecule has 0 radical (unpaired) electrons. The summed E-state index contributed by atoms with van der Waals surface area (Å²) in [6.07, 6.45) is -5.08. The molecular weight excluding hydrogens is 347 g/mol. The summed E-state index contributed by atoms with van der Waals surface area (Å²) in [6.45, 7) is 3.29. The second kappa shape index (κ2) is 12.0. The molecule has 0 aliphatic carbocycles. The van der Waals surface area contributed by atoms with Crippen LogP contribution < -0.4 is 33.2 Å². The largest absolute Gasteiger partial charge is 0.490 e. The molecule has 0 saturated heterocycles. The maximum absolute atomic E-state index is 10.6. The minimum Gasteiger partial charge on any atom is -0.475 e. The van der Waals surface area contributed by atoms with Crippen molar-refractivity contribution in [1.82, 2.24) is 15.0 Å². The van der Waals surface area contributed by atoms with Crippen molar-refractivity contribution in [2.75, 3.05) is 55.2 Å². The zero-order valence-corrected chi connectivity index (χ0v) is 13.3. The Morgan fingerprint density at radius 2 is 1.08 bits per heavy atom. The monoisotopic (exact) mass is 369 g/mol. The number of hydrogen-bond donors (Lipinski definition) is 7. The number of anilines is 3. The van der Waals surface area contributed by atoms with Gasteiger partial charge < -0.3 is 38.3 Å². The van der Waals surface area contributed by atoms with Gasteiger partial charge in [0, 0.05) is 39.3 Å². The highest BCUT2D eigenvalue weighted by Gasteiger charge is 2.38. The molecule has 0 fully saturated rings. The number of hydrogen-bond acceptors (Lipinski definition) is 10. The molecule has 1 aromatic heterocycles. The van der Waals surface area contributed by atoms with Gasteiger partial charge in [-0.3, -0.25) is 0 Å². The smallest absolute Gasteiger partial charge is 0.475 e. The molecule has 1 rings (SSSR count). The number of aromatic nitrogens is 3. The summed E-state index contributed by atoms with van der Waals surface area (Å²) in [5.41, 5.74) is 16.2. The lowest BCUT2D eigenvalue weighted by Crippen LogP contribution is -2.21. The van der Waals surface area contributed by atoms with Gasteiger partial charge in [0.1, 0.15) is 0 Å². The number of carboxylic acid groups (broad SMARTS) is 1. The third kappa shape index (κ3) is 10.9. The zero-order valence-electron chi connectivity index (χ0n) is 13.3. The molecule has 25 heavy (non-hydrogen) atoms. The summed E-state index contributed by atoms with van der Waals surface area (Å²) < 4.78 is 31.7. The number of aliphatic carboxylic acids is 1. The fourth-order valence-electron chi connectivity index (χ4n) is 1.17. The van der Waals surface area contributed by atoms with Gasteiger partial charge in [0.25, 0.3) is 0 Å². The number of nitrogens with two attached hydrogens (primary N) is 3. The number of halogens is 3. The molecule has 0 spiro atoms. The highest BCUT2D eigenvalue weighted by molar-refractivity contribution is 5.73. The van der Waals surface area contributed by atoms with Crippen LogP contribution in [-0.4, -0.2) is 71.5 Å². The Hall–Kier alpha value is -2.45. The van der Waals surface area contributed by atoms with E-state index in [0.717, 1.165) is 0 Å². The number of carboxylic acids is 1. The van der Waals surface area contributed by atoms with E-state index in [-0.39, 0.29) is 0 Å². The fourth-order valence-corrected chi connectivity index (χ4v) is 1.17. The highest BCUT2D eigenvalue weighted by Crippen LogP contribution is 2.13. The number of carbonyl (C=O) groups is 1. The van der Waals surface area contributed by atoms with E-state index in [1.807, 2.05) is 0 Å². The molecule has 0 unspecified atom stereocenters. The molecular formula is C11H22F3N9O2. The minimum absolute atomic E-state index is 0.467. The second-order valence-corrected chi connectivity index (χ2v) is 4.26. The van der Waals surface area contributed by atoms with Gasteiger partial charge in [-0.2, -0.15) is 28.1 Å². The molecule has 0 aliphatic heterocycles. The van der Waals surface area contributed by atoms with Crippen LogP contribution in [-0.2, 0) is 4.79 Å². The van der Waals surface area contributed by atoms with Crippen LogP contribution in [0.15, 0.2) is 0 Å². The van der Waals surface area contributed by atoms with Gasteiger partial charge in [-0.05, 0) is 0 Å². The molecule has 0 atom stereocenters. The van der Waals surface area contributed by atoms with Gasteiger partial charge in [-0.25, -0.2) is 4.79 Å². The van der Waals surface area contributed by atoms with Crippen molar-refractivity contribution >= 4 is 23.8 Å². The van der Waals surface area contributed by atoms with Crippen LogP contribution in [0.1, 0.15) is 0 Å². The van der Waals surface area contributed by atoms with Crippen molar-refractivity contribution in [3.05, 3.63) is 0 Å². The maximum atomic E-state index is 10.6. The second-order valence-electron chi connectivity index (χ2n) is 4.26. The van der Waals surface area contributed by atoms with E-state index in [0.29, 0.717) is 57.1 Å².